The van der Waals surface area contributed by atoms with Gasteiger partial charge in [-0.3, -0.25) is 14.5 Å². The Balaban J connectivity index is 1.71. The molecule has 4 rings (SSSR count). The number of ether oxygens (including phenoxy) is 1. The van der Waals surface area contributed by atoms with Crippen LogP contribution in [0.1, 0.15) is 6.92 Å². The Morgan fingerprint density at radius 3 is 2.81 bits per heavy atom. The predicted octanol–water partition coefficient (Wildman–Crippen LogP) is 2.75. The van der Waals surface area contributed by atoms with Crippen LogP contribution >= 0.6 is 0 Å². The zero-order valence-electron chi connectivity index (χ0n) is 13.8. The van der Waals surface area contributed by atoms with E-state index >= 15 is 0 Å². The molecular weight excluding hydrogens is 354 g/mol. The number of nitrogens with zero attached hydrogens (tertiary/aromatic N) is 1. The summed E-state index contributed by atoms with van der Waals surface area (Å²) < 4.78 is 33.6. The lowest BCUT2D eigenvalue weighted by molar-refractivity contribution is -0.122. The van der Waals surface area contributed by atoms with E-state index in [-0.39, 0.29) is 10.8 Å². The van der Waals surface area contributed by atoms with Gasteiger partial charge < -0.3 is 10.1 Å². The van der Waals surface area contributed by atoms with Gasteiger partial charge in [0.1, 0.15) is 5.75 Å². The first-order valence-corrected chi connectivity index (χ1v) is 9.40. The molecule has 7 nitrogen and oxygen atoms in total. The average Bonchev–Trinajstić information content (AvgIpc) is 2.62. The van der Waals surface area contributed by atoms with E-state index in [0.717, 1.165) is 5.39 Å². The van der Waals surface area contributed by atoms with Gasteiger partial charge in [-0.25, -0.2) is 8.42 Å². The fourth-order valence-corrected chi connectivity index (χ4v) is 3.84. The minimum atomic E-state index is -3.87. The molecule has 0 fully saturated rings. The molecule has 0 saturated heterocycles. The summed E-state index contributed by atoms with van der Waals surface area (Å²) in [6, 6.07) is 13.2. The second-order valence-corrected chi connectivity index (χ2v) is 7.58. The van der Waals surface area contributed by atoms with Gasteiger partial charge in [-0.05, 0) is 37.3 Å². The molecule has 1 aliphatic rings. The molecule has 0 bridgehead atoms. The first kappa shape index (κ1) is 16.3. The fraction of sp³-hybridized carbons (Fsp3) is 0.111. The monoisotopic (exact) mass is 369 g/mol. The van der Waals surface area contributed by atoms with Gasteiger partial charge in [-0.2, -0.15) is 0 Å². The summed E-state index contributed by atoms with van der Waals surface area (Å²) in [7, 11) is -3.87. The number of amides is 1. The van der Waals surface area contributed by atoms with E-state index in [4.69, 9.17) is 4.74 Å². The summed E-state index contributed by atoms with van der Waals surface area (Å²) in [5, 5.41) is 3.47. The number of carbonyl (C=O) groups excluding carboxylic acids is 1. The lowest BCUT2D eigenvalue weighted by Crippen LogP contribution is -2.34. The normalized spacial score (nSPS) is 16.5. The molecule has 132 valence electrons. The maximum absolute atomic E-state index is 12.8. The van der Waals surface area contributed by atoms with Crippen molar-refractivity contribution >= 4 is 38.2 Å². The molecule has 1 aromatic heterocycles. The van der Waals surface area contributed by atoms with Crippen molar-refractivity contribution in [2.45, 2.75) is 17.9 Å². The summed E-state index contributed by atoms with van der Waals surface area (Å²) in [5.74, 6) is 0.112. The molecule has 0 spiro atoms. The van der Waals surface area contributed by atoms with Crippen molar-refractivity contribution in [1.82, 2.24) is 4.98 Å². The van der Waals surface area contributed by atoms with E-state index in [1.54, 1.807) is 31.3 Å². The topological polar surface area (TPSA) is 97.4 Å². The maximum atomic E-state index is 12.8. The van der Waals surface area contributed by atoms with Gasteiger partial charge in [0.2, 0.25) is 0 Å². The van der Waals surface area contributed by atoms with Crippen molar-refractivity contribution in [2.24, 2.45) is 0 Å². The van der Waals surface area contributed by atoms with Crippen LogP contribution in [0.15, 0.2) is 59.6 Å². The van der Waals surface area contributed by atoms with Gasteiger partial charge in [0.05, 0.1) is 21.8 Å². The summed E-state index contributed by atoms with van der Waals surface area (Å²) in [5.41, 5.74) is 1.27. The zero-order chi connectivity index (χ0) is 18.3. The third-order valence-electron chi connectivity index (χ3n) is 4.07. The Hall–Kier alpha value is -3.13. The molecule has 0 saturated carbocycles. The number of rotatable bonds is 3. The molecule has 1 amide bonds. The number of para-hydroxylation sites is 1. The quantitative estimate of drug-likeness (QED) is 0.740. The van der Waals surface area contributed by atoms with E-state index in [1.807, 2.05) is 12.1 Å². The second-order valence-electron chi connectivity index (χ2n) is 5.89. The first-order chi connectivity index (χ1) is 12.4. The van der Waals surface area contributed by atoms with E-state index < -0.39 is 16.1 Å². The van der Waals surface area contributed by atoms with Crippen molar-refractivity contribution in [3.05, 3.63) is 54.7 Å². The second kappa shape index (κ2) is 5.99. The van der Waals surface area contributed by atoms with Gasteiger partial charge in [0, 0.05) is 11.6 Å². The smallest absolute Gasteiger partial charge is 0.265 e. The summed E-state index contributed by atoms with van der Waals surface area (Å²) in [6.45, 7) is 1.62. The maximum Gasteiger partial charge on any atom is 0.265 e. The van der Waals surface area contributed by atoms with Gasteiger partial charge in [0.25, 0.3) is 15.9 Å². The van der Waals surface area contributed by atoms with Crippen molar-refractivity contribution in [3.8, 4) is 5.75 Å². The number of pyridine rings is 1. The number of fused-ring (bicyclic) bond motifs is 2. The number of hydrogen-bond donors (Lipinski definition) is 2. The molecule has 1 aliphatic heterocycles. The van der Waals surface area contributed by atoms with Gasteiger partial charge >= 0.3 is 0 Å². The summed E-state index contributed by atoms with van der Waals surface area (Å²) in [6.07, 6.45) is 0.984. The molecule has 26 heavy (non-hydrogen) atoms. The van der Waals surface area contributed by atoms with Gasteiger partial charge in [-0.15, -0.1) is 0 Å². The largest absolute Gasteiger partial charge is 0.479 e. The average molecular weight is 369 g/mol. The number of aromatic nitrogens is 1. The fourth-order valence-electron chi connectivity index (χ4n) is 2.75. The molecule has 0 unspecified atom stereocenters. The molecule has 8 heteroatoms. The number of hydrogen-bond acceptors (Lipinski definition) is 5. The lowest BCUT2D eigenvalue weighted by Gasteiger charge is -2.23. The summed E-state index contributed by atoms with van der Waals surface area (Å²) >= 11 is 0. The van der Waals surface area contributed by atoms with Crippen molar-refractivity contribution < 1.29 is 17.9 Å². The van der Waals surface area contributed by atoms with Crippen LogP contribution in [-0.4, -0.2) is 25.4 Å². The first-order valence-electron chi connectivity index (χ1n) is 7.92. The van der Waals surface area contributed by atoms with Crippen LogP contribution in [0.3, 0.4) is 0 Å². The summed E-state index contributed by atoms with van der Waals surface area (Å²) in [4.78, 5) is 16.0. The molecule has 2 heterocycles. The molecule has 2 aromatic carbocycles. The standard InChI is InChI=1S/C18H15N3O4S/c1-11-18(22)20-15-10-13(7-8-16(15)25-11)26(23,24)21-14-6-2-4-12-5-3-9-19-17(12)14/h2-11,21H,1H3,(H,20,22)/t11-/m1/s1. The minimum absolute atomic E-state index is 0.0163. The van der Waals surface area contributed by atoms with Crippen LogP contribution in [0.4, 0.5) is 11.4 Å². The van der Waals surface area contributed by atoms with Crippen molar-refractivity contribution in [3.63, 3.8) is 0 Å². The van der Waals surface area contributed by atoms with E-state index in [0.29, 0.717) is 22.6 Å². The Morgan fingerprint density at radius 1 is 1.15 bits per heavy atom. The van der Waals surface area contributed by atoms with Crippen LogP contribution < -0.4 is 14.8 Å². The minimum Gasteiger partial charge on any atom is -0.479 e. The molecular formula is C18H15N3O4S. The third kappa shape index (κ3) is 2.84. The Bertz CT molecular complexity index is 1120. The third-order valence-corrected chi connectivity index (χ3v) is 5.43. The highest BCUT2D eigenvalue weighted by Gasteiger charge is 2.25. The molecule has 1 atom stereocenters. The van der Waals surface area contributed by atoms with Crippen LogP contribution in [0.5, 0.6) is 5.75 Å². The van der Waals surface area contributed by atoms with Gasteiger partial charge in [0.15, 0.2) is 6.10 Å². The van der Waals surface area contributed by atoms with Gasteiger partial charge in [-0.1, -0.05) is 18.2 Å². The number of nitrogens with one attached hydrogen (secondary N) is 2. The molecule has 0 aliphatic carbocycles. The lowest BCUT2D eigenvalue weighted by atomic mass is 10.2. The van der Waals surface area contributed by atoms with Crippen molar-refractivity contribution in [2.75, 3.05) is 10.0 Å². The van der Waals surface area contributed by atoms with E-state index in [9.17, 15) is 13.2 Å². The SMILES string of the molecule is C[C@H]1Oc2ccc(S(=O)(=O)Nc3cccc4cccnc34)cc2NC1=O. The number of anilines is 2. The van der Waals surface area contributed by atoms with E-state index in [2.05, 4.69) is 15.0 Å². The van der Waals surface area contributed by atoms with Crippen LogP contribution in [0, 0.1) is 0 Å². The predicted molar refractivity (Wildman–Crippen MR) is 97.7 cm³/mol. The van der Waals surface area contributed by atoms with Crippen LogP contribution in [-0.2, 0) is 14.8 Å². The van der Waals surface area contributed by atoms with Crippen LogP contribution in [0.2, 0.25) is 0 Å². The highest BCUT2D eigenvalue weighted by atomic mass is 32.2. The Labute approximate surface area is 150 Å². The van der Waals surface area contributed by atoms with Crippen molar-refractivity contribution in [1.29, 1.82) is 0 Å². The highest BCUT2D eigenvalue weighted by Crippen LogP contribution is 2.32. The molecule has 2 N–H and O–H groups in total. The molecule has 3 aromatic rings. The Kier molecular flexibility index (Phi) is 3.77. The number of carbonyl (C=O) groups is 1. The highest BCUT2D eigenvalue weighted by molar-refractivity contribution is 7.92. The van der Waals surface area contributed by atoms with E-state index in [1.165, 1.54) is 18.2 Å². The molecule has 0 radical (unpaired) electrons. The zero-order valence-corrected chi connectivity index (χ0v) is 14.6. The van der Waals surface area contributed by atoms with Crippen LogP contribution in [0.25, 0.3) is 10.9 Å². The number of benzene rings is 2. The Morgan fingerprint density at radius 2 is 1.96 bits per heavy atom. The number of sulfonamides is 1.